The van der Waals surface area contributed by atoms with Crippen molar-refractivity contribution in [1.29, 1.82) is 0 Å². The number of hydrogen-bond acceptors (Lipinski definition) is 16. The maximum absolute atomic E-state index is 14.9. The molecule has 528 valence electrons. The van der Waals surface area contributed by atoms with Gasteiger partial charge in [0, 0.05) is 122 Å². The van der Waals surface area contributed by atoms with Gasteiger partial charge in [0.2, 0.25) is 23.6 Å². The Hall–Kier alpha value is -6.92. The smallest absolute Gasteiger partial charge is 0.410 e. The van der Waals surface area contributed by atoms with Crippen molar-refractivity contribution in [3.05, 3.63) is 48.0 Å². The van der Waals surface area contributed by atoms with Gasteiger partial charge in [0.15, 0.2) is 5.78 Å². The molecule has 2 heterocycles. The van der Waals surface area contributed by atoms with Crippen molar-refractivity contribution in [2.75, 3.05) is 68.1 Å². The topological polar surface area (TPSA) is 313 Å². The number of rotatable bonds is 44. The van der Waals surface area contributed by atoms with Crippen molar-refractivity contribution in [3.8, 4) is 0 Å². The molecule has 1 fully saturated rings. The third-order valence-corrected chi connectivity index (χ3v) is 18.4. The number of nitrogens with one attached hydrogen (secondary N) is 2. The van der Waals surface area contributed by atoms with Gasteiger partial charge >= 0.3 is 18.0 Å². The Morgan fingerprint density at radius 3 is 1.93 bits per heavy atom. The Bertz CT molecular complexity index is 2710. The van der Waals surface area contributed by atoms with Crippen molar-refractivity contribution in [2.45, 2.75) is 214 Å². The molecule has 0 bridgehead atoms. The minimum atomic E-state index is -1.42. The summed E-state index contributed by atoms with van der Waals surface area (Å²) in [4.78, 5) is 168. The fraction of sp³-hybridized carbons (Fsp3) is 0.714. The first-order valence-electron chi connectivity index (χ1n) is 33.6. The van der Waals surface area contributed by atoms with Gasteiger partial charge in [-0.2, -0.15) is 0 Å². The number of ether oxygens (including phenoxy) is 3. The summed E-state index contributed by atoms with van der Waals surface area (Å²) in [5, 5.41) is 25.0. The molecule has 4 N–H and O–H groups in total. The van der Waals surface area contributed by atoms with E-state index in [9.17, 15) is 67.7 Å². The molecule has 11 atom stereocenters. The molecule has 0 saturated carbocycles. The van der Waals surface area contributed by atoms with Gasteiger partial charge in [0.25, 0.3) is 11.8 Å². The van der Waals surface area contributed by atoms with E-state index in [-0.39, 0.29) is 106 Å². The van der Waals surface area contributed by atoms with Crippen molar-refractivity contribution < 1.29 is 82.0 Å². The number of ketones is 3. The number of carbonyl (C=O) groups is 12. The van der Waals surface area contributed by atoms with Crippen LogP contribution in [0.3, 0.4) is 0 Å². The summed E-state index contributed by atoms with van der Waals surface area (Å²) in [7, 11) is 8.31. The maximum atomic E-state index is 14.9. The number of hydrogen-bond donors (Lipinski definition) is 4. The predicted octanol–water partition coefficient (Wildman–Crippen LogP) is 7.17. The molecule has 0 radical (unpaired) electrons. The number of nitrogens with zero attached hydrogens (tertiary/aromatic N) is 5. The molecular weight excluding hydrogens is 1210 g/mol. The van der Waals surface area contributed by atoms with Crippen molar-refractivity contribution in [2.24, 2.45) is 41.4 Å². The van der Waals surface area contributed by atoms with E-state index in [1.807, 2.05) is 74.3 Å². The number of carboxylic acids is 2. The molecule has 1 aromatic carbocycles. The average molecular weight is 1320 g/mol. The summed E-state index contributed by atoms with van der Waals surface area (Å²) < 4.78 is 17.8. The first-order valence-corrected chi connectivity index (χ1v) is 33.6. The minimum Gasteiger partial charge on any atom is -0.481 e. The van der Waals surface area contributed by atoms with Gasteiger partial charge in [-0.05, 0) is 115 Å². The first-order chi connectivity index (χ1) is 44.2. The van der Waals surface area contributed by atoms with Crippen molar-refractivity contribution in [1.82, 2.24) is 35.1 Å². The number of aliphatic carboxylic acids is 2. The molecule has 2 aliphatic rings. The highest BCUT2D eigenvalue weighted by Crippen LogP contribution is 2.33. The standard InChI is InChI=1S/C70H111N7O17/c1-16-46(6)64(75(13)67(88)51(44(2)3)42-56(80)63(45(4)5)73(11)35-22-23-36-74(12)69(91)94-70(8,9)10)57(92-14)43-61(84)76-37-24-28-53(76)65(93-15)47(7)54(78)41-50(39-48-25-18-17-19-26-48)55(79)40-49(29-32-62(85)86)66(87)72-52(68(89)90)27-20-21-34-71-58(81)33-38-77-59(82)30-31-60(77)83/h17-19,25-26,30-31,44-47,49-53,57,63-65H,16,20-24,27-29,32-43H2,1-15H3,(H,71,81)(H,72,87)(H,85,86)(H,89,90)/t46-,47-,49+,50+,51-,52-,53-,57+,63-,64-,65+/m0/s1. The van der Waals surface area contributed by atoms with E-state index in [0.29, 0.717) is 51.7 Å². The molecule has 1 saturated heterocycles. The van der Waals surface area contributed by atoms with Gasteiger partial charge in [0.05, 0.1) is 36.8 Å². The molecule has 24 heteroatoms. The second-order valence-corrected chi connectivity index (χ2v) is 27.4. The minimum absolute atomic E-state index is 0.0110. The van der Waals surface area contributed by atoms with E-state index in [0.717, 1.165) is 29.0 Å². The second kappa shape index (κ2) is 39.8. The Morgan fingerprint density at radius 2 is 1.36 bits per heavy atom. The number of likely N-dealkylation sites (N-methyl/N-ethyl adjacent to an activating group) is 2. The van der Waals surface area contributed by atoms with Crippen molar-refractivity contribution in [3.63, 3.8) is 0 Å². The third-order valence-electron chi connectivity index (χ3n) is 18.4. The number of Topliss-reactive ketones (excluding diaryl/α,β-unsaturated/α-hetero) is 3. The largest absolute Gasteiger partial charge is 0.481 e. The number of unbranched alkanes of at least 4 members (excludes halogenated alkanes) is 2. The zero-order valence-electron chi connectivity index (χ0n) is 58.7. The zero-order valence-corrected chi connectivity index (χ0v) is 58.7. The molecule has 0 aromatic heterocycles. The highest BCUT2D eigenvalue weighted by Gasteiger charge is 2.44. The fourth-order valence-electron chi connectivity index (χ4n) is 12.8. The van der Waals surface area contributed by atoms with E-state index in [4.69, 9.17) is 14.2 Å². The van der Waals surface area contributed by atoms with E-state index >= 15 is 0 Å². The van der Waals surface area contributed by atoms with Crippen LogP contribution in [0.1, 0.15) is 171 Å². The molecule has 0 unspecified atom stereocenters. The van der Waals surface area contributed by atoms with Crippen LogP contribution in [0.15, 0.2) is 42.5 Å². The summed E-state index contributed by atoms with van der Waals surface area (Å²) in [5.41, 5.74) is 0.113. The van der Waals surface area contributed by atoms with Gasteiger partial charge in [-0.1, -0.05) is 85.2 Å². The third kappa shape index (κ3) is 26.0. The number of methoxy groups -OCH3 is 2. The maximum Gasteiger partial charge on any atom is 0.410 e. The second-order valence-electron chi connectivity index (χ2n) is 27.4. The number of carbonyl (C=O) groups excluding carboxylic acids is 10. The Kier molecular flexibility index (Phi) is 34.5. The summed E-state index contributed by atoms with van der Waals surface area (Å²) in [6, 6.07) is 5.93. The summed E-state index contributed by atoms with van der Waals surface area (Å²) in [6.07, 6.45) is 2.17. The molecule has 7 amide bonds. The van der Waals surface area contributed by atoms with Crippen LogP contribution in [-0.4, -0.2) is 216 Å². The predicted molar refractivity (Wildman–Crippen MR) is 354 cm³/mol. The van der Waals surface area contributed by atoms with E-state index in [1.165, 1.54) is 14.2 Å². The van der Waals surface area contributed by atoms with Crippen LogP contribution in [0.5, 0.6) is 0 Å². The number of likely N-dealkylation sites (tertiary alicyclic amines) is 1. The molecule has 2 aliphatic heterocycles. The van der Waals surface area contributed by atoms with E-state index in [2.05, 4.69) is 10.6 Å². The highest BCUT2D eigenvalue weighted by atomic mass is 16.6. The van der Waals surface area contributed by atoms with Crippen LogP contribution < -0.4 is 10.6 Å². The monoisotopic (exact) mass is 1320 g/mol. The van der Waals surface area contributed by atoms with Gasteiger partial charge in [-0.25, -0.2) is 9.59 Å². The lowest BCUT2D eigenvalue weighted by Crippen LogP contribution is -2.54. The quantitative estimate of drug-likeness (QED) is 0.0371. The Morgan fingerprint density at radius 1 is 0.734 bits per heavy atom. The molecule has 0 aliphatic carbocycles. The van der Waals surface area contributed by atoms with Crippen LogP contribution in [0.2, 0.25) is 0 Å². The number of benzene rings is 1. The Labute approximate surface area is 557 Å². The normalized spacial score (nSPS) is 17.4. The lowest BCUT2D eigenvalue weighted by atomic mass is 9.81. The number of amides is 7. The summed E-state index contributed by atoms with van der Waals surface area (Å²) >= 11 is 0. The van der Waals surface area contributed by atoms with Gasteiger partial charge in [-0.15, -0.1) is 0 Å². The Balaban J connectivity index is 1.77. The molecule has 3 rings (SSSR count). The van der Waals surface area contributed by atoms with E-state index in [1.54, 1.807) is 66.1 Å². The van der Waals surface area contributed by atoms with Crippen molar-refractivity contribution >= 4 is 70.8 Å². The van der Waals surface area contributed by atoms with Crippen LogP contribution in [0.25, 0.3) is 0 Å². The molecule has 0 spiro atoms. The number of carboxylic acid groups (broad SMARTS) is 2. The zero-order chi connectivity index (χ0) is 70.7. The van der Waals surface area contributed by atoms with Gasteiger partial charge in [0.1, 0.15) is 23.2 Å². The van der Waals surface area contributed by atoms with E-state index < -0.39 is 126 Å². The SMILES string of the molecule is CC[C@H](C)[C@@H]([C@@H](CC(=O)N1CCC[C@H]1[C@H](OC)[C@@H](C)C(=O)C[C@@H](Cc1ccccc1)C(=O)C[C@@H](CCC(=O)O)C(=O)N[C@@H](CCCCNC(=O)CCN1C(=O)C=CC1=O)C(=O)O)OC)N(C)C(=O)[C@@H](CC(=O)[C@H](C(C)C)N(C)CCCCN(C)C(=O)OC(C)(C)C)C(C)C. The summed E-state index contributed by atoms with van der Waals surface area (Å²) in [5.74, 6) is -10.5. The van der Waals surface area contributed by atoms with Crippen LogP contribution in [-0.2, 0) is 73.4 Å². The first kappa shape index (κ1) is 81.3. The molecular formula is C70H111N7O17. The van der Waals surface area contributed by atoms with Crippen LogP contribution in [0.4, 0.5) is 4.79 Å². The average Bonchev–Trinajstić information content (AvgIpc) is 1.21. The fourth-order valence-corrected chi connectivity index (χ4v) is 12.8. The summed E-state index contributed by atoms with van der Waals surface area (Å²) in [6.45, 7) is 20.5. The van der Waals surface area contributed by atoms with Gasteiger partial charge < -0.3 is 49.8 Å². The lowest BCUT2D eigenvalue weighted by molar-refractivity contribution is -0.149. The molecule has 24 nitrogen and oxygen atoms in total. The molecule has 1 aromatic rings. The molecule has 94 heavy (non-hydrogen) atoms. The number of imide groups is 1. The van der Waals surface area contributed by atoms with Gasteiger partial charge in [-0.3, -0.25) is 57.7 Å². The van der Waals surface area contributed by atoms with Crippen LogP contribution >= 0.6 is 0 Å². The highest BCUT2D eigenvalue weighted by molar-refractivity contribution is 6.13. The van der Waals surface area contributed by atoms with Crippen LogP contribution in [0, 0.1) is 41.4 Å². The lowest BCUT2D eigenvalue weighted by Gasteiger charge is -2.41.